The van der Waals surface area contributed by atoms with Gasteiger partial charge in [0.25, 0.3) is 0 Å². The third-order valence-electron chi connectivity index (χ3n) is 2.87. The molecular weight excluding hydrogens is 259 g/mol. The van der Waals surface area contributed by atoms with Crippen molar-refractivity contribution in [2.45, 2.75) is 43.6 Å². The summed E-state index contributed by atoms with van der Waals surface area (Å²) in [5.41, 5.74) is 4.86. The summed E-state index contributed by atoms with van der Waals surface area (Å²) in [7, 11) is 0. The van der Waals surface area contributed by atoms with Crippen LogP contribution in [0.3, 0.4) is 0 Å². The van der Waals surface area contributed by atoms with Crippen molar-refractivity contribution in [1.29, 1.82) is 0 Å². The molecule has 1 rings (SSSR count). The Kier molecular flexibility index (Phi) is 5.10. The lowest BCUT2D eigenvalue weighted by atomic mass is 10.1. The normalized spacial score (nSPS) is 14.0. The van der Waals surface area contributed by atoms with E-state index in [1.807, 2.05) is 6.92 Å². The van der Waals surface area contributed by atoms with Crippen LogP contribution in [-0.4, -0.2) is 5.25 Å². The largest absolute Gasteiger partial charge is 0.416 e. The molecule has 1 atom stereocenters. The molecule has 1 aromatic carbocycles. The second kappa shape index (κ2) is 5.97. The van der Waals surface area contributed by atoms with Crippen LogP contribution < -0.4 is 5.73 Å². The van der Waals surface area contributed by atoms with Crippen molar-refractivity contribution >= 4 is 11.8 Å². The van der Waals surface area contributed by atoms with Gasteiger partial charge in [-0.1, -0.05) is 26.8 Å². The molecule has 1 aromatic rings. The number of nitrogens with two attached hydrogens (primary N) is 1. The molecule has 0 heterocycles. The minimum Gasteiger partial charge on any atom is -0.326 e. The Labute approximate surface area is 110 Å². The number of hydrogen-bond acceptors (Lipinski definition) is 2. The quantitative estimate of drug-likeness (QED) is 0.830. The summed E-state index contributed by atoms with van der Waals surface area (Å²) < 4.78 is 38.5. The summed E-state index contributed by atoms with van der Waals surface area (Å²) in [6, 6.07) is 4.38. The van der Waals surface area contributed by atoms with Gasteiger partial charge in [0.2, 0.25) is 0 Å². The van der Waals surface area contributed by atoms with E-state index in [0.29, 0.717) is 10.8 Å². The Morgan fingerprint density at radius 1 is 1.22 bits per heavy atom. The van der Waals surface area contributed by atoms with Crippen molar-refractivity contribution in [3.8, 4) is 0 Å². The van der Waals surface area contributed by atoms with Gasteiger partial charge < -0.3 is 5.73 Å². The lowest BCUT2D eigenvalue weighted by Crippen LogP contribution is -2.12. The van der Waals surface area contributed by atoms with Crippen LogP contribution in [-0.2, 0) is 12.7 Å². The van der Waals surface area contributed by atoms with Crippen LogP contribution in [0.2, 0.25) is 0 Å². The molecule has 0 amide bonds. The molecule has 0 aliphatic carbocycles. The van der Waals surface area contributed by atoms with Crippen LogP contribution in [0.5, 0.6) is 0 Å². The number of benzene rings is 1. The average molecular weight is 277 g/mol. The van der Waals surface area contributed by atoms with Gasteiger partial charge in [-0.25, -0.2) is 0 Å². The predicted molar refractivity (Wildman–Crippen MR) is 69.5 cm³/mol. The van der Waals surface area contributed by atoms with Crippen LogP contribution in [0.4, 0.5) is 13.2 Å². The molecule has 18 heavy (non-hydrogen) atoms. The van der Waals surface area contributed by atoms with Gasteiger partial charge in [0, 0.05) is 16.7 Å². The Bertz CT molecular complexity index is 402. The first kappa shape index (κ1) is 15.4. The summed E-state index contributed by atoms with van der Waals surface area (Å²) in [4.78, 5) is 0.640. The van der Waals surface area contributed by atoms with Crippen molar-refractivity contribution in [3.05, 3.63) is 29.3 Å². The Morgan fingerprint density at radius 3 is 2.28 bits per heavy atom. The molecule has 0 aromatic heterocycles. The van der Waals surface area contributed by atoms with E-state index < -0.39 is 11.7 Å². The van der Waals surface area contributed by atoms with Crippen LogP contribution in [0.25, 0.3) is 0 Å². The van der Waals surface area contributed by atoms with Crippen LogP contribution in [0, 0.1) is 5.92 Å². The maximum Gasteiger partial charge on any atom is 0.416 e. The van der Waals surface area contributed by atoms with E-state index in [1.54, 1.807) is 6.07 Å². The molecule has 0 radical (unpaired) electrons. The second-order valence-electron chi connectivity index (χ2n) is 4.59. The van der Waals surface area contributed by atoms with E-state index in [1.165, 1.54) is 23.9 Å². The van der Waals surface area contributed by atoms with Gasteiger partial charge in [0.15, 0.2) is 0 Å². The molecule has 1 unspecified atom stereocenters. The minimum absolute atomic E-state index is 0.0977. The van der Waals surface area contributed by atoms with Gasteiger partial charge in [0.1, 0.15) is 0 Å². The maximum absolute atomic E-state index is 12.8. The van der Waals surface area contributed by atoms with Gasteiger partial charge in [-0.15, -0.1) is 11.8 Å². The number of alkyl halides is 3. The monoisotopic (exact) mass is 277 g/mol. The van der Waals surface area contributed by atoms with Gasteiger partial charge in [-0.3, -0.25) is 0 Å². The van der Waals surface area contributed by atoms with E-state index in [2.05, 4.69) is 13.8 Å². The van der Waals surface area contributed by atoms with Crippen molar-refractivity contribution in [2.75, 3.05) is 0 Å². The molecule has 0 saturated heterocycles. The van der Waals surface area contributed by atoms with Crippen LogP contribution in [0.15, 0.2) is 23.1 Å². The fourth-order valence-electron chi connectivity index (χ4n) is 1.42. The zero-order valence-corrected chi connectivity index (χ0v) is 11.5. The minimum atomic E-state index is -4.34. The van der Waals surface area contributed by atoms with E-state index in [-0.39, 0.29) is 17.4 Å². The lowest BCUT2D eigenvalue weighted by molar-refractivity contribution is -0.138. The first-order valence-corrected chi connectivity index (χ1v) is 6.70. The van der Waals surface area contributed by atoms with E-state index in [0.717, 1.165) is 0 Å². The highest BCUT2D eigenvalue weighted by atomic mass is 32.2. The Hall–Kier alpha value is -0.680. The summed E-state index contributed by atoms with van der Waals surface area (Å²) in [5, 5.41) is 0.273. The molecule has 102 valence electrons. The van der Waals surface area contributed by atoms with Crippen molar-refractivity contribution in [2.24, 2.45) is 11.7 Å². The zero-order chi connectivity index (χ0) is 13.9. The maximum atomic E-state index is 12.8. The molecule has 0 aliphatic rings. The second-order valence-corrected chi connectivity index (χ2v) is 6.04. The number of halogens is 3. The average Bonchev–Trinajstić information content (AvgIpc) is 2.27. The van der Waals surface area contributed by atoms with Crippen LogP contribution in [0.1, 0.15) is 31.9 Å². The fraction of sp³-hybridized carbons (Fsp3) is 0.538. The van der Waals surface area contributed by atoms with Crippen LogP contribution >= 0.6 is 11.8 Å². The van der Waals surface area contributed by atoms with Gasteiger partial charge in [-0.2, -0.15) is 13.2 Å². The highest BCUT2D eigenvalue weighted by molar-refractivity contribution is 8.00. The third kappa shape index (κ3) is 3.92. The van der Waals surface area contributed by atoms with Crippen molar-refractivity contribution < 1.29 is 13.2 Å². The Morgan fingerprint density at radius 2 is 1.83 bits per heavy atom. The van der Waals surface area contributed by atoms with Gasteiger partial charge in [-0.05, 0) is 23.6 Å². The van der Waals surface area contributed by atoms with Crippen molar-refractivity contribution in [3.63, 3.8) is 0 Å². The summed E-state index contributed by atoms with van der Waals surface area (Å²) in [5.74, 6) is 0.415. The molecule has 2 N–H and O–H groups in total. The van der Waals surface area contributed by atoms with Crippen molar-refractivity contribution in [1.82, 2.24) is 0 Å². The summed E-state index contributed by atoms with van der Waals surface area (Å²) in [6.07, 6.45) is -4.34. The van der Waals surface area contributed by atoms with E-state index in [4.69, 9.17) is 5.73 Å². The molecule has 0 fully saturated rings. The molecule has 0 spiro atoms. The molecule has 5 heteroatoms. The molecule has 0 saturated carbocycles. The highest BCUT2D eigenvalue weighted by Gasteiger charge is 2.33. The predicted octanol–water partition coefficient (Wildman–Crippen LogP) is 4.30. The standard InChI is InChI=1S/C13H18F3NS/c1-8(2)9(3)18-11-5-4-10(7-17)12(6-11)13(14,15)16/h4-6,8-9H,7,17H2,1-3H3. The highest BCUT2D eigenvalue weighted by Crippen LogP contribution is 2.36. The molecular formula is C13H18F3NS. The number of rotatable bonds is 4. The van der Waals surface area contributed by atoms with E-state index in [9.17, 15) is 13.2 Å². The van der Waals surface area contributed by atoms with E-state index >= 15 is 0 Å². The summed E-state index contributed by atoms with van der Waals surface area (Å²) in [6.45, 7) is 6.02. The molecule has 0 aliphatic heterocycles. The topological polar surface area (TPSA) is 26.0 Å². The molecule has 0 bridgehead atoms. The number of hydrogen-bond donors (Lipinski definition) is 1. The lowest BCUT2D eigenvalue weighted by Gasteiger charge is -2.17. The molecule has 1 nitrogen and oxygen atoms in total. The fourth-order valence-corrected chi connectivity index (χ4v) is 2.46. The SMILES string of the molecule is CC(C)C(C)Sc1ccc(CN)c(C(F)(F)F)c1. The summed E-state index contributed by atoms with van der Waals surface area (Å²) >= 11 is 1.46. The Balaban J connectivity index is 3.04. The first-order valence-electron chi connectivity index (χ1n) is 5.82. The van der Waals surface area contributed by atoms with Gasteiger partial charge in [0.05, 0.1) is 5.56 Å². The smallest absolute Gasteiger partial charge is 0.326 e. The first-order chi connectivity index (χ1) is 8.25. The zero-order valence-electron chi connectivity index (χ0n) is 10.7. The third-order valence-corrected chi connectivity index (χ3v) is 4.31. The number of thioether (sulfide) groups is 1. The van der Waals surface area contributed by atoms with Gasteiger partial charge >= 0.3 is 6.18 Å².